The van der Waals surface area contributed by atoms with Gasteiger partial charge >= 0.3 is 0 Å². The van der Waals surface area contributed by atoms with Crippen molar-refractivity contribution in [3.63, 3.8) is 0 Å². The highest BCUT2D eigenvalue weighted by Gasteiger charge is 2.12. The molecule has 0 fully saturated rings. The monoisotopic (exact) mass is 267 g/mol. The molecule has 4 nitrogen and oxygen atoms in total. The molecule has 0 saturated heterocycles. The standard InChI is InChI=1S/C16H17N3O/c1-3-20-13-8-6-12(7-9-13)14-15(17)19-10-4-5-11(2)16(19)18-14/h4-10H,3,17H2,1-2H3. The van der Waals surface area contributed by atoms with Crippen molar-refractivity contribution >= 4 is 11.5 Å². The van der Waals surface area contributed by atoms with Crippen LogP contribution in [0.5, 0.6) is 5.75 Å². The number of imidazole rings is 1. The van der Waals surface area contributed by atoms with Crippen LogP contribution in [-0.2, 0) is 0 Å². The smallest absolute Gasteiger partial charge is 0.142 e. The Kier molecular flexibility index (Phi) is 3.06. The van der Waals surface area contributed by atoms with Crippen LogP contribution in [-0.4, -0.2) is 16.0 Å². The van der Waals surface area contributed by atoms with Crippen molar-refractivity contribution in [3.05, 3.63) is 48.2 Å². The Labute approximate surface area is 117 Å². The normalized spacial score (nSPS) is 10.9. The lowest BCUT2D eigenvalue weighted by Crippen LogP contribution is -1.94. The van der Waals surface area contributed by atoms with Crippen LogP contribution < -0.4 is 10.5 Å². The van der Waals surface area contributed by atoms with Crippen molar-refractivity contribution in [2.45, 2.75) is 13.8 Å². The topological polar surface area (TPSA) is 52.5 Å². The molecule has 0 saturated carbocycles. The van der Waals surface area contributed by atoms with Gasteiger partial charge in [-0.15, -0.1) is 0 Å². The quantitative estimate of drug-likeness (QED) is 0.792. The maximum absolute atomic E-state index is 6.21. The number of ether oxygens (including phenoxy) is 1. The van der Waals surface area contributed by atoms with Crippen molar-refractivity contribution < 1.29 is 4.74 Å². The third kappa shape index (κ3) is 1.99. The number of nitrogens with zero attached hydrogens (tertiary/aromatic N) is 2. The second kappa shape index (κ2) is 4.89. The first kappa shape index (κ1) is 12.5. The molecular formula is C16H17N3O. The molecule has 0 aliphatic rings. The van der Waals surface area contributed by atoms with Gasteiger partial charge in [-0.1, -0.05) is 6.07 Å². The van der Waals surface area contributed by atoms with Gasteiger partial charge in [0.2, 0.25) is 0 Å². The zero-order chi connectivity index (χ0) is 14.1. The van der Waals surface area contributed by atoms with E-state index >= 15 is 0 Å². The molecule has 0 radical (unpaired) electrons. The number of aryl methyl sites for hydroxylation is 1. The highest BCUT2D eigenvalue weighted by atomic mass is 16.5. The number of aromatic nitrogens is 2. The fraction of sp³-hybridized carbons (Fsp3) is 0.188. The first-order valence-electron chi connectivity index (χ1n) is 6.67. The Morgan fingerprint density at radius 3 is 2.60 bits per heavy atom. The number of nitrogens with two attached hydrogens (primary N) is 1. The van der Waals surface area contributed by atoms with Crippen molar-refractivity contribution in [3.8, 4) is 17.0 Å². The third-order valence-corrected chi connectivity index (χ3v) is 3.32. The van der Waals surface area contributed by atoms with Gasteiger partial charge in [-0.3, -0.25) is 4.40 Å². The molecule has 0 unspecified atom stereocenters. The predicted molar refractivity (Wildman–Crippen MR) is 80.9 cm³/mol. The molecule has 3 aromatic rings. The summed E-state index contributed by atoms with van der Waals surface area (Å²) >= 11 is 0. The van der Waals surface area contributed by atoms with Crippen LogP contribution in [0.3, 0.4) is 0 Å². The lowest BCUT2D eigenvalue weighted by atomic mass is 10.1. The van der Waals surface area contributed by atoms with Crippen molar-refractivity contribution in [1.29, 1.82) is 0 Å². The van der Waals surface area contributed by atoms with E-state index in [2.05, 4.69) is 4.98 Å². The van der Waals surface area contributed by atoms with E-state index in [0.29, 0.717) is 12.4 Å². The number of fused-ring (bicyclic) bond motifs is 1. The van der Waals surface area contributed by atoms with Crippen molar-refractivity contribution in [2.24, 2.45) is 0 Å². The maximum atomic E-state index is 6.21. The highest BCUT2D eigenvalue weighted by Crippen LogP contribution is 2.28. The minimum atomic E-state index is 0.660. The zero-order valence-corrected chi connectivity index (χ0v) is 11.6. The van der Waals surface area contributed by atoms with Crippen LogP contribution in [0.4, 0.5) is 5.82 Å². The van der Waals surface area contributed by atoms with Gasteiger partial charge < -0.3 is 10.5 Å². The van der Waals surface area contributed by atoms with E-state index in [4.69, 9.17) is 10.5 Å². The van der Waals surface area contributed by atoms with E-state index < -0.39 is 0 Å². The predicted octanol–water partition coefficient (Wildman–Crippen LogP) is 3.29. The van der Waals surface area contributed by atoms with Crippen LogP contribution in [0.15, 0.2) is 42.6 Å². The molecule has 0 amide bonds. The summed E-state index contributed by atoms with van der Waals surface area (Å²) in [5, 5.41) is 0. The number of anilines is 1. The summed E-state index contributed by atoms with van der Waals surface area (Å²) in [5.41, 5.74) is 10.0. The minimum absolute atomic E-state index is 0.660. The average molecular weight is 267 g/mol. The SMILES string of the molecule is CCOc1ccc(-c2nc3c(C)cccn3c2N)cc1. The first-order valence-corrected chi connectivity index (χ1v) is 6.67. The molecule has 0 aliphatic carbocycles. The Balaban J connectivity index is 2.10. The summed E-state index contributed by atoms with van der Waals surface area (Å²) in [5.74, 6) is 1.52. The number of hydrogen-bond donors (Lipinski definition) is 1. The fourth-order valence-electron chi connectivity index (χ4n) is 2.31. The van der Waals surface area contributed by atoms with E-state index in [-0.39, 0.29) is 0 Å². The zero-order valence-electron chi connectivity index (χ0n) is 11.6. The number of benzene rings is 1. The summed E-state index contributed by atoms with van der Waals surface area (Å²) < 4.78 is 7.37. The lowest BCUT2D eigenvalue weighted by Gasteiger charge is -2.04. The highest BCUT2D eigenvalue weighted by molar-refractivity contribution is 5.76. The van der Waals surface area contributed by atoms with Crippen molar-refractivity contribution in [1.82, 2.24) is 9.38 Å². The fourth-order valence-corrected chi connectivity index (χ4v) is 2.31. The molecule has 2 N–H and O–H groups in total. The summed E-state index contributed by atoms with van der Waals surface area (Å²) in [6.45, 7) is 4.66. The molecule has 4 heteroatoms. The van der Waals surface area contributed by atoms with Gasteiger partial charge in [-0.05, 0) is 49.7 Å². The number of nitrogen functional groups attached to an aromatic ring is 1. The number of hydrogen-bond acceptors (Lipinski definition) is 3. The molecule has 0 spiro atoms. The van der Waals surface area contributed by atoms with E-state index in [1.807, 2.05) is 60.8 Å². The number of rotatable bonds is 3. The first-order chi connectivity index (χ1) is 9.70. The van der Waals surface area contributed by atoms with Gasteiger partial charge in [0, 0.05) is 11.8 Å². The Morgan fingerprint density at radius 1 is 1.20 bits per heavy atom. The van der Waals surface area contributed by atoms with Crippen LogP contribution in [0.2, 0.25) is 0 Å². The Morgan fingerprint density at radius 2 is 1.95 bits per heavy atom. The molecule has 0 bridgehead atoms. The molecular weight excluding hydrogens is 250 g/mol. The van der Waals surface area contributed by atoms with Crippen LogP contribution in [0, 0.1) is 6.92 Å². The molecule has 20 heavy (non-hydrogen) atoms. The van der Waals surface area contributed by atoms with E-state index in [9.17, 15) is 0 Å². The minimum Gasteiger partial charge on any atom is -0.494 e. The molecule has 0 aliphatic heterocycles. The molecule has 1 aromatic carbocycles. The van der Waals surface area contributed by atoms with Gasteiger partial charge in [0.25, 0.3) is 0 Å². The van der Waals surface area contributed by atoms with Crippen LogP contribution >= 0.6 is 0 Å². The average Bonchev–Trinajstić information content (AvgIpc) is 2.79. The Hall–Kier alpha value is -2.49. The van der Waals surface area contributed by atoms with Gasteiger partial charge in [0.15, 0.2) is 0 Å². The molecule has 3 rings (SSSR count). The number of pyridine rings is 1. The summed E-state index contributed by atoms with van der Waals surface area (Å²) in [6.07, 6.45) is 1.93. The van der Waals surface area contributed by atoms with Gasteiger partial charge in [-0.2, -0.15) is 0 Å². The van der Waals surface area contributed by atoms with Gasteiger partial charge in [-0.25, -0.2) is 4.98 Å². The summed E-state index contributed by atoms with van der Waals surface area (Å²) in [4.78, 5) is 4.65. The van der Waals surface area contributed by atoms with E-state index in [0.717, 1.165) is 28.2 Å². The van der Waals surface area contributed by atoms with Crippen LogP contribution in [0.25, 0.3) is 16.9 Å². The van der Waals surface area contributed by atoms with Crippen LogP contribution in [0.1, 0.15) is 12.5 Å². The second-order valence-corrected chi connectivity index (χ2v) is 4.69. The van der Waals surface area contributed by atoms with Gasteiger partial charge in [0.1, 0.15) is 22.9 Å². The molecule has 2 aromatic heterocycles. The third-order valence-electron chi connectivity index (χ3n) is 3.32. The summed E-state index contributed by atoms with van der Waals surface area (Å²) in [6, 6.07) is 11.9. The van der Waals surface area contributed by atoms with E-state index in [1.54, 1.807) is 0 Å². The molecule has 102 valence electrons. The lowest BCUT2D eigenvalue weighted by molar-refractivity contribution is 0.340. The molecule has 0 atom stereocenters. The van der Waals surface area contributed by atoms with Gasteiger partial charge in [0.05, 0.1) is 6.61 Å². The maximum Gasteiger partial charge on any atom is 0.142 e. The largest absolute Gasteiger partial charge is 0.494 e. The van der Waals surface area contributed by atoms with Crippen molar-refractivity contribution in [2.75, 3.05) is 12.3 Å². The molecule has 2 heterocycles. The summed E-state index contributed by atoms with van der Waals surface area (Å²) in [7, 11) is 0. The Bertz CT molecular complexity index is 744. The van der Waals surface area contributed by atoms with E-state index in [1.165, 1.54) is 0 Å². The second-order valence-electron chi connectivity index (χ2n) is 4.69.